The summed E-state index contributed by atoms with van der Waals surface area (Å²) in [6.07, 6.45) is 1.51. The molecular weight excluding hydrogens is 180 g/mol. The Labute approximate surface area is 81.6 Å². The molecule has 1 aromatic rings. The minimum absolute atomic E-state index is 0.193. The molecule has 72 valence electrons. The quantitative estimate of drug-likeness (QED) is 0.697. The van der Waals surface area contributed by atoms with E-state index in [1.54, 1.807) is 6.07 Å². The predicted octanol–water partition coefficient (Wildman–Crippen LogP) is -0.223. The van der Waals surface area contributed by atoms with E-state index < -0.39 is 0 Å². The zero-order chi connectivity index (χ0) is 9.97. The fraction of sp³-hybridized carbons (Fsp3) is 0.444. The van der Waals surface area contributed by atoms with Gasteiger partial charge in [-0.3, -0.25) is 0 Å². The highest BCUT2D eigenvalue weighted by molar-refractivity contribution is 5.54. The standard InChI is InChI=1S/C9H10N4O/c10-3-8-1-2-11-12-9(8)13-4-7(5-13)6-14/h1-2,7,14H,4-6H2. The van der Waals surface area contributed by atoms with Crippen molar-refractivity contribution < 1.29 is 5.11 Å². The number of anilines is 1. The fourth-order valence-electron chi connectivity index (χ4n) is 1.50. The van der Waals surface area contributed by atoms with Crippen LogP contribution in [0.3, 0.4) is 0 Å². The van der Waals surface area contributed by atoms with Crippen molar-refractivity contribution in [1.29, 1.82) is 5.26 Å². The van der Waals surface area contributed by atoms with Crippen LogP contribution in [0.4, 0.5) is 5.82 Å². The van der Waals surface area contributed by atoms with Crippen molar-refractivity contribution in [3.05, 3.63) is 17.8 Å². The molecule has 0 bridgehead atoms. The van der Waals surface area contributed by atoms with Crippen molar-refractivity contribution in [2.24, 2.45) is 5.92 Å². The molecule has 0 amide bonds. The van der Waals surface area contributed by atoms with Crippen LogP contribution < -0.4 is 4.90 Å². The van der Waals surface area contributed by atoms with Crippen molar-refractivity contribution in [2.75, 3.05) is 24.6 Å². The van der Waals surface area contributed by atoms with E-state index in [1.165, 1.54) is 6.20 Å². The van der Waals surface area contributed by atoms with Crippen LogP contribution in [-0.2, 0) is 0 Å². The summed E-state index contributed by atoms with van der Waals surface area (Å²) in [4.78, 5) is 1.95. The number of rotatable bonds is 2. The third-order valence-corrected chi connectivity index (χ3v) is 2.34. The first-order valence-electron chi connectivity index (χ1n) is 4.42. The van der Waals surface area contributed by atoms with Crippen molar-refractivity contribution in [3.63, 3.8) is 0 Å². The van der Waals surface area contributed by atoms with Gasteiger partial charge in [-0.2, -0.15) is 10.4 Å². The molecule has 0 atom stereocenters. The van der Waals surface area contributed by atoms with Crippen LogP contribution in [0.2, 0.25) is 0 Å². The molecule has 2 heterocycles. The molecule has 0 radical (unpaired) electrons. The molecule has 0 unspecified atom stereocenters. The molecule has 2 rings (SSSR count). The van der Waals surface area contributed by atoms with Gasteiger partial charge in [-0.25, -0.2) is 0 Å². The van der Waals surface area contributed by atoms with E-state index in [0.29, 0.717) is 17.3 Å². The van der Waals surface area contributed by atoms with E-state index in [1.807, 2.05) is 4.90 Å². The smallest absolute Gasteiger partial charge is 0.169 e. The molecule has 1 aliphatic heterocycles. The van der Waals surface area contributed by atoms with Gasteiger partial charge in [0.2, 0.25) is 0 Å². The third-order valence-electron chi connectivity index (χ3n) is 2.34. The molecule has 0 spiro atoms. The van der Waals surface area contributed by atoms with Crippen molar-refractivity contribution >= 4 is 5.82 Å². The van der Waals surface area contributed by atoms with E-state index in [2.05, 4.69) is 16.3 Å². The van der Waals surface area contributed by atoms with Crippen LogP contribution in [0.1, 0.15) is 5.56 Å². The van der Waals surface area contributed by atoms with Crippen LogP contribution in [0.15, 0.2) is 12.3 Å². The Hall–Kier alpha value is -1.67. The number of nitrogens with zero attached hydrogens (tertiary/aromatic N) is 4. The SMILES string of the molecule is N#Cc1ccnnc1N1CC(CO)C1. The van der Waals surface area contributed by atoms with Crippen LogP contribution in [0.25, 0.3) is 0 Å². The van der Waals surface area contributed by atoms with Gasteiger partial charge in [-0.1, -0.05) is 0 Å². The lowest BCUT2D eigenvalue weighted by Crippen LogP contribution is -2.49. The molecule has 0 aromatic carbocycles. The number of aliphatic hydroxyl groups excluding tert-OH is 1. The van der Waals surface area contributed by atoms with Gasteiger partial charge >= 0.3 is 0 Å². The Kier molecular flexibility index (Phi) is 2.29. The van der Waals surface area contributed by atoms with E-state index in [-0.39, 0.29) is 6.61 Å². The second-order valence-corrected chi connectivity index (χ2v) is 3.33. The van der Waals surface area contributed by atoms with Gasteiger partial charge in [0.1, 0.15) is 6.07 Å². The first-order valence-corrected chi connectivity index (χ1v) is 4.42. The molecule has 14 heavy (non-hydrogen) atoms. The van der Waals surface area contributed by atoms with Crippen LogP contribution in [-0.4, -0.2) is 35.0 Å². The Morgan fingerprint density at radius 3 is 3.07 bits per heavy atom. The summed E-state index contributed by atoms with van der Waals surface area (Å²) in [6.45, 7) is 1.70. The van der Waals surface area contributed by atoms with Crippen LogP contribution in [0.5, 0.6) is 0 Å². The monoisotopic (exact) mass is 190 g/mol. The number of hydrogen-bond acceptors (Lipinski definition) is 5. The largest absolute Gasteiger partial charge is 0.396 e. The highest BCUT2D eigenvalue weighted by atomic mass is 16.3. The van der Waals surface area contributed by atoms with Crippen molar-refractivity contribution in [2.45, 2.75) is 0 Å². The van der Waals surface area contributed by atoms with E-state index in [9.17, 15) is 0 Å². The topological polar surface area (TPSA) is 73.0 Å². The molecular formula is C9H10N4O. The second kappa shape index (κ2) is 3.60. The molecule has 1 saturated heterocycles. The number of hydrogen-bond donors (Lipinski definition) is 1. The molecule has 1 aromatic heterocycles. The number of aromatic nitrogens is 2. The summed E-state index contributed by atoms with van der Waals surface area (Å²) < 4.78 is 0. The number of aliphatic hydroxyl groups is 1. The maximum absolute atomic E-state index is 8.85. The first kappa shape index (κ1) is 8.91. The number of nitriles is 1. The van der Waals surface area contributed by atoms with Gasteiger partial charge in [0, 0.05) is 25.6 Å². The third kappa shape index (κ3) is 1.40. The van der Waals surface area contributed by atoms with Crippen LogP contribution in [0, 0.1) is 17.2 Å². The Morgan fingerprint density at radius 2 is 2.43 bits per heavy atom. The molecule has 1 N–H and O–H groups in total. The summed E-state index contributed by atoms with van der Waals surface area (Å²) in [5, 5.41) is 25.3. The maximum atomic E-state index is 8.85. The molecule has 0 aliphatic carbocycles. The highest BCUT2D eigenvalue weighted by Gasteiger charge is 2.28. The average molecular weight is 190 g/mol. The predicted molar refractivity (Wildman–Crippen MR) is 49.5 cm³/mol. The van der Waals surface area contributed by atoms with Gasteiger partial charge in [-0.15, -0.1) is 5.10 Å². The molecule has 5 nitrogen and oxygen atoms in total. The lowest BCUT2D eigenvalue weighted by Gasteiger charge is -2.39. The van der Waals surface area contributed by atoms with Crippen molar-refractivity contribution in [3.8, 4) is 6.07 Å². The zero-order valence-corrected chi connectivity index (χ0v) is 7.59. The van der Waals surface area contributed by atoms with Gasteiger partial charge in [0.25, 0.3) is 0 Å². The highest BCUT2D eigenvalue weighted by Crippen LogP contribution is 2.24. The Balaban J connectivity index is 2.15. The van der Waals surface area contributed by atoms with Gasteiger partial charge < -0.3 is 10.0 Å². The second-order valence-electron chi connectivity index (χ2n) is 3.33. The lowest BCUT2D eigenvalue weighted by atomic mass is 10.0. The maximum Gasteiger partial charge on any atom is 0.169 e. The lowest BCUT2D eigenvalue weighted by molar-refractivity contribution is 0.200. The van der Waals surface area contributed by atoms with E-state index >= 15 is 0 Å². The summed E-state index contributed by atoms with van der Waals surface area (Å²) >= 11 is 0. The molecule has 0 saturated carbocycles. The zero-order valence-electron chi connectivity index (χ0n) is 7.59. The van der Waals surface area contributed by atoms with Crippen LogP contribution >= 0.6 is 0 Å². The Bertz CT molecular complexity index is 367. The van der Waals surface area contributed by atoms with Crippen molar-refractivity contribution in [1.82, 2.24) is 10.2 Å². The summed E-state index contributed by atoms with van der Waals surface area (Å²) in [5.74, 6) is 0.934. The van der Waals surface area contributed by atoms with Gasteiger partial charge in [0.05, 0.1) is 11.8 Å². The molecule has 1 fully saturated rings. The van der Waals surface area contributed by atoms with Gasteiger partial charge in [0.15, 0.2) is 5.82 Å². The van der Waals surface area contributed by atoms with E-state index in [0.717, 1.165) is 13.1 Å². The molecule has 1 aliphatic rings. The normalized spacial score (nSPS) is 16.1. The van der Waals surface area contributed by atoms with E-state index in [4.69, 9.17) is 10.4 Å². The summed E-state index contributed by atoms with van der Waals surface area (Å²) in [5.41, 5.74) is 0.538. The summed E-state index contributed by atoms with van der Waals surface area (Å²) in [6, 6.07) is 3.72. The minimum atomic E-state index is 0.193. The fourth-order valence-corrected chi connectivity index (χ4v) is 1.50. The Morgan fingerprint density at radius 1 is 1.64 bits per heavy atom. The minimum Gasteiger partial charge on any atom is -0.396 e. The summed E-state index contributed by atoms with van der Waals surface area (Å²) in [7, 11) is 0. The first-order chi connectivity index (χ1) is 6.85. The van der Waals surface area contributed by atoms with Gasteiger partial charge in [-0.05, 0) is 6.07 Å². The molecule has 5 heteroatoms. The average Bonchev–Trinajstić information content (AvgIpc) is 2.17.